The van der Waals surface area contributed by atoms with Crippen molar-refractivity contribution in [1.29, 1.82) is 0 Å². The molecule has 0 heterocycles. The van der Waals surface area contributed by atoms with Gasteiger partial charge in [0.25, 0.3) is 0 Å². The number of carbonyl (C=O) groups is 1. The highest BCUT2D eigenvalue weighted by molar-refractivity contribution is 5.83. The minimum Gasteiger partial charge on any atom is -0.289 e. The van der Waals surface area contributed by atoms with Crippen LogP contribution in [0.15, 0.2) is 6.07 Å². The molecule has 1 unspecified atom stereocenters. The lowest BCUT2D eigenvalue weighted by atomic mass is 9.86. The van der Waals surface area contributed by atoms with E-state index in [0.717, 1.165) is 5.56 Å². The Bertz CT molecular complexity index is 438. The molecule has 0 spiro atoms. The number of hydrazine groups is 1. The molecule has 100 valence electrons. The number of nitrogens with one attached hydrogen (secondary N) is 1. The van der Waals surface area contributed by atoms with Gasteiger partial charge >= 0.3 is 0 Å². The average Bonchev–Trinajstić information content (AvgIpc) is 2.25. The van der Waals surface area contributed by atoms with Crippen LogP contribution in [0.1, 0.15) is 40.7 Å². The Balaban J connectivity index is 3.20. The summed E-state index contributed by atoms with van der Waals surface area (Å²) < 4.78 is 0. The van der Waals surface area contributed by atoms with Crippen molar-refractivity contribution in [3.8, 4) is 0 Å². The lowest BCUT2D eigenvalue weighted by Gasteiger charge is -2.22. The number of rotatable bonds is 3. The zero-order valence-electron chi connectivity index (χ0n) is 12.5. The van der Waals surface area contributed by atoms with Crippen LogP contribution in [-0.2, 0) is 4.79 Å². The third-order valence-electron chi connectivity index (χ3n) is 3.58. The number of carbonyl (C=O) groups excluding carboxylic acids is 1. The fraction of sp³-hybridized carbons (Fsp3) is 0.533. The molecule has 1 N–H and O–H groups in total. The standard InChI is InChI=1S/C15H24N2O/c1-9-8-10(2)12(4)14(11(9)3)13(5)15(18)16-17(6)7/h8,13H,1-7H3,(H,16,18). The van der Waals surface area contributed by atoms with Crippen LogP contribution in [0.3, 0.4) is 0 Å². The summed E-state index contributed by atoms with van der Waals surface area (Å²) in [6, 6.07) is 2.19. The minimum absolute atomic E-state index is 0.0381. The molecule has 0 saturated heterocycles. The molecule has 3 heteroatoms. The molecule has 1 rings (SSSR count). The van der Waals surface area contributed by atoms with Crippen molar-refractivity contribution in [1.82, 2.24) is 10.4 Å². The van der Waals surface area contributed by atoms with E-state index in [1.165, 1.54) is 22.3 Å². The second-order valence-electron chi connectivity index (χ2n) is 5.27. The van der Waals surface area contributed by atoms with Crippen molar-refractivity contribution >= 4 is 5.91 Å². The van der Waals surface area contributed by atoms with Crippen molar-refractivity contribution in [3.05, 3.63) is 33.9 Å². The lowest BCUT2D eigenvalue weighted by Crippen LogP contribution is -2.39. The van der Waals surface area contributed by atoms with Crippen LogP contribution in [0.5, 0.6) is 0 Å². The first-order chi connectivity index (χ1) is 8.25. The predicted octanol–water partition coefficient (Wildman–Crippen LogP) is 2.62. The number of aryl methyl sites for hydroxylation is 2. The van der Waals surface area contributed by atoms with Crippen LogP contribution < -0.4 is 5.43 Å². The fourth-order valence-corrected chi connectivity index (χ4v) is 2.35. The van der Waals surface area contributed by atoms with Gasteiger partial charge in [-0.15, -0.1) is 0 Å². The Morgan fingerprint density at radius 3 is 1.94 bits per heavy atom. The van der Waals surface area contributed by atoms with Crippen LogP contribution >= 0.6 is 0 Å². The van der Waals surface area contributed by atoms with Crippen LogP contribution in [0, 0.1) is 27.7 Å². The van der Waals surface area contributed by atoms with Crippen LogP contribution in [0.25, 0.3) is 0 Å². The molecular formula is C15H24N2O. The first kappa shape index (κ1) is 14.7. The van der Waals surface area contributed by atoms with E-state index in [9.17, 15) is 4.79 Å². The van der Waals surface area contributed by atoms with E-state index in [1.54, 1.807) is 5.01 Å². The van der Waals surface area contributed by atoms with Gasteiger partial charge in [-0.1, -0.05) is 6.07 Å². The Morgan fingerprint density at radius 2 is 1.56 bits per heavy atom. The first-order valence-corrected chi connectivity index (χ1v) is 6.30. The van der Waals surface area contributed by atoms with E-state index in [0.29, 0.717) is 0 Å². The zero-order chi connectivity index (χ0) is 14.0. The summed E-state index contributed by atoms with van der Waals surface area (Å²) in [5.74, 6) is -0.0952. The highest BCUT2D eigenvalue weighted by Crippen LogP contribution is 2.28. The molecule has 0 aliphatic carbocycles. The van der Waals surface area contributed by atoms with Crippen molar-refractivity contribution < 1.29 is 4.79 Å². The second kappa shape index (κ2) is 5.53. The van der Waals surface area contributed by atoms with Crippen LogP contribution in [-0.4, -0.2) is 25.0 Å². The Hall–Kier alpha value is -1.35. The monoisotopic (exact) mass is 248 g/mol. The van der Waals surface area contributed by atoms with Gasteiger partial charge in [0.15, 0.2) is 0 Å². The van der Waals surface area contributed by atoms with Gasteiger partial charge < -0.3 is 0 Å². The van der Waals surface area contributed by atoms with Gasteiger partial charge in [-0.3, -0.25) is 10.2 Å². The molecule has 1 amide bonds. The molecular weight excluding hydrogens is 224 g/mol. The topological polar surface area (TPSA) is 32.3 Å². The molecule has 0 saturated carbocycles. The van der Waals surface area contributed by atoms with Gasteiger partial charge in [0, 0.05) is 14.1 Å². The summed E-state index contributed by atoms with van der Waals surface area (Å²) in [7, 11) is 3.65. The molecule has 0 aliphatic heterocycles. The van der Waals surface area contributed by atoms with E-state index in [4.69, 9.17) is 0 Å². The van der Waals surface area contributed by atoms with Gasteiger partial charge in [0.05, 0.1) is 5.92 Å². The van der Waals surface area contributed by atoms with Gasteiger partial charge in [-0.2, -0.15) is 0 Å². The summed E-state index contributed by atoms with van der Waals surface area (Å²) in [5, 5.41) is 1.69. The fourth-order valence-electron chi connectivity index (χ4n) is 2.35. The van der Waals surface area contributed by atoms with E-state index in [1.807, 2.05) is 21.0 Å². The van der Waals surface area contributed by atoms with E-state index in [-0.39, 0.29) is 11.8 Å². The number of hydrogen-bond acceptors (Lipinski definition) is 2. The molecule has 0 radical (unpaired) electrons. The summed E-state index contributed by atoms with van der Waals surface area (Å²) in [6.07, 6.45) is 0. The van der Waals surface area contributed by atoms with Gasteiger partial charge in [-0.05, 0) is 62.4 Å². The molecule has 0 bridgehead atoms. The molecule has 1 aromatic carbocycles. The number of benzene rings is 1. The zero-order valence-corrected chi connectivity index (χ0v) is 12.5. The summed E-state index contributed by atoms with van der Waals surface area (Å²) in [4.78, 5) is 12.1. The molecule has 0 aliphatic rings. The molecule has 18 heavy (non-hydrogen) atoms. The molecule has 3 nitrogen and oxygen atoms in total. The number of hydrogen-bond donors (Lipinski definition) is 1. The van der Waals surface area contributed by atoms with Crippen molar-refractivity contribution in [2.24, 2.45) is 0 Å². The van der Waals surface area contributed by atoms with Crippen molar-refractivity contribution in [2.45, 2.75) is 40.5 Å². The first-order valence-electron chi connectivity index (χ1n) is 6.30. The SMILES string of the molecule is Cc1cc(C)c(C)c(C(C)C(=O)NN(C)C)c1C. The van der Waals surface area contributed by atoms with Crippen molar-refractivity contribution in [3.63, 3.8) is 0 Å². The predicted molar refractivity (Wildman–Crippen MR) is 75.6 cm³/mol. The quantitative estimate of drug-likeness (QED) is 0.834. The Kier molecular flexibility index (Phi) is 4.52. The van der Waals surface area contributed by atoms with Crippen LogP contribution in [0.4, 0.5) is 0 Å². The normalized spacial score (nSPS) is 12.7. The molecule has 1 aromatic rings. The molecule has 0 fully saturated rings. The average molecular weight is 248 g/mol. The lowest BCUT2D eigenvalue weighted by molar-refractivity contribution is -0.126. The highest BCUT2D eigenvalue weighted by atomic mass is 16.2. The number of nitrogens with zero attached hydrogens (tertiary/aromatic N) is 1. The van der Waals surface area contributed by atoms with Gasteiger partial charge in [0.1, 0.15) is 0 Å². The number of amides is 1. The molecule has 0 aromatic heterocycles. The van der Waals surface area contributed by atoms with Crippen LogP contribution in [0.2, 0.25) is 0 Å². The third-order valence-corrected chi connectivity index (χ3v) is 3.58. The largest absolute Gasteiger partial charge is 0.289 e. The van der Waals surface area contributed by atoms with E-state index >= 15 is 0 Å². The Morgan fingerprint density at radius 1 is 1.11 bits per heavy atom. The Labute approximate surface area is 110 Å². The summed E-state index contributed by atoms with van der Waals surface area (Å²) in [5.41, 5.74) is 8.93. The second-order valence-corrected chi connectivity index (χ2v) is 5.27. The summed E-state index contributed by atoms with van der Waals surface area (Å²) in [6.45, 7) is 10.4. The maximum absolute atomic E-state index is 12.1. The van der Waals surface area contributed by atoms with E-state index in [2.05, 4.69) is 39.2 Å². The maximum Gasteiger partial charge on any atom is 0.241 e. The highest BCUT2D eigenvalue weighted by Gasteiger charge is 2.21. The summed E-state index contributed by atoms with van der Waals surface area (Å²) >= 11 is 0. The smallest absolute Gasteiger partial charge is 0.241 e. The van der Waals surface area contributed by atoms with Gasteiger partial charge in [-0.25, -0.2) is 5.01 Å². The van der Waals surface area contributed by atoms with E-state index < -0.39 is 0 Å². The molecule has 1 atom stereocenters. The van der Waals surface area contributed by atoms with Gasteiger partial charge in [0.2, 0.25) is 5.91 Å². The third kappa shape index (κ3) is 2.91. The minimum atomic E-state index is -0.133. The van der Waals surface area contributed by atoms with Crippen molar-refractivity contribution in [2.75, 3.05) is 14.1 Å². The maximum atomic E-state index is 12.1.